The van der Waals surface area contributed by atoms with Gasteiger partial charge in [-0.3, -0.25) is 9.59 Å². The number of nitrogens with one attached hydrogen (secondary N) is 2. The standard InChI is InChI=1S/C13H17N7O2S/c1-20-10(6-15-18-20)12(21)14-5-8-2-3-9(4-8)17-13(22)11-7-16-19-23-11/h6-9H,2-5H2,1H3,(H,14,21)(H,17,22)/t8-,9+/m0/s1. The molecule has 2 atom stereocenters. The Morgan fingerprint density at radius 1 is 1.30 bits per heavy atom. The predicted molar refractivity (Wildman–Crippen MR) is 81.8 cm³/mol. The second-order valence-corrected chi connectivity index (χ2v) is 6.37. The van der Waals surface area contributed by atoms with Crippen molar-refractivity contribution in [3.8, 4) is 0 Å². The van der Waals surface area contributed by atoms with Crippen LogP contribution in [0.4, 0.5) is 0 Å². The van der Waals surface area contributed by atoms with Crippen molar-refractivity contribution < 1.29 is 9.59 Å². The van der Waals surface area contributed by atoms with E-state index >= 15 is 0 Å². The summed E-state index contributed by atoms with van der Waals surface area (Å²) in [6.07, 6.45) is 5.63. The van der Waals surface area contributed by atoms with Crippen LogP contribution in [0.15, 0.2) is 12.4 Å². The fourth-order valence-corrected chi connectivity index (χ4v) is 3.16. The largest absolute Gasteiger partial charge is 0.350 e. The molecule has 2 aromatic rings. The van der Waals surface area contributed by atoms with Gasteiger partial charge in [0.1, 0.15) is 10.6 Å². The molecule has 2 amide bonds. The van der Waals surface area contributed by atoms with Crippen molar-refractivity contribution in [2.45, 2.75) is 25.3 Å². The van der Waals surface area contributed by atoms with Gasteiger partial charge in [0.2, 0.25) is 0 Å². The van der Waals surface area contributed by atoms with Gasteiger partial charge in [0.05, 0.1) is 12.4 Å². The van der Waals surface area contributed by atoms with Gasteiger partial charge in [-0.05, 0) is 36.7 Å². The Bertz CT molecular complexity index is 684. The zero-order valence-electron chi connectivity index (χ0n) is 12.6. The first kappa shape index (κ1) is 15.5. The second-order valence-electron chi connectivity index (χ2n) is 5.58. The van der Waals surface area contributed by atoms with Crippen LogP contribution in [0.25, 0.3) is 0 Å². The number of aromatic nitrogens is 5. The number of carbonyl (C=O) groups excluding carboxylic acids is 2. The van der Waals surface area contributed by atoms with E-state index < -0.39 is 0 Å². The molecule has 1 aliphatic carbocycles. The maximum absolute atomic E-state index is 12.0. The number of amides is 2. The highest BCUT2D eigenvalue weighted by atomic mass is 32.1. The van der Waals surface area contributed by atoms with Gasteiger partial charge in [0.15, 0.2) is 0 Å². The zero-order valence-corrected chi connectivity index (χ0v) is 13.4. The van der Waals surface area contributed by atoms with Gasteiger partial charge in [-0.25, -0.2) is 4.68 Å². The first-order valence-corrected chi connectivity index (χ1v) is 8.12. The smallest absolute Gasteiger partial charge is 0.271 e. The van der Waals surface area contributed by atoms with Gasteiger partial charge in [0, 0.05) is 19.6 Å². The van der Waals surface area contributed by atoms with E-state index in [4.69, 9.17) is 0 Å². The molecule has 2 N–H and O–H groups in total. The minimum Gasteiger partial charge on any atom is -0.350 e. The zero-order chi connectivity index (χ0) is 16.2. The second kappa shape index (κ2) is 6.82. The Balaban J connectivity index is 1.44. The molecular weight excluding hydrogens is 318 g/mol. The van der Waals surface area contributed by atoms with Gasteiger partial charge >= 0.3 is 0 Å². The van der Waals surface area contributed by atoms with E-state index in [-0.39, 0.29) is 17.9 Å². The summed E-state index contributed by atoms with van der Waals surface area (Å²) >= 11 is 1.08. The van der Waals surface area contributed by atoms with Crippen molar-refractivity contribution in [1.29, 1.82) is 0 Å². The van der Waals surface area contributed by atoms with Crippen LogP contribution in [0.3, 0.4) is 0 Å². The first-order valence-electron chi connectivity index (χ1n) is 7.34. The highest BCUT2D eigenvalue weighted by Gasteiger charge is 2.27. The molecule has 2 aromatic heterocycles. The van der Waals surface area contributed by atoms with E-state index in [2.05, 4.69) is 30.5 Å². The molecule has 0 saturated heterocycles. The molecule has 0 aromatic carbocycles. The third kappa shape index (κ3) is 3.70. The van der Waals surface area contributed by atoms with Crippen LogP contribution in [0.5, 0.6) is 0 Å². The topological polar surface area (TPSA) is 115 Å². The lowest BCUT2D eigenvalue weighted by molar-refractivity contribution is 0.0925. The van der Waals surface area contributed by atoms with Crippen LogP contribution in [0.1, 0.15) is 39.4 Å². The van der Waals surface area contributed by atoms with Gasteiger partial charge in [-0.2, -0.15) is 0 Å². The summed E-state index contributed by atoms with van der Waals surface area (Å²) in [7, 11) is 1.68. The van der Waals surface area contributed by atoms with E-state index in [1.165, 1.54) is 17.1 Å². The molecule has 0 spiro atoms. The number of aryl methyl sites for hydroxylation is 1. The first-order chi connectivity index (χ1) is 11.1. The minimum atomic E-state index is -0.180. The molecular formula is C13H17N7O2S. The average molecular weight is 335 g/mol. The molecule has 1 saturated carbocycles. The molecule has 3 rings (SSSR count). The average Bonchev–Trinajstić information content (AvgIpc) is 3.26. The number of carbonyl (C=O) groups is 2. The van der Waals surface area contributed by atoms with Gasteiger partial charge in [-0.15, -0.1) is 10.2 Å². The van der Waals surface area contributed by atoms with Crippen molar-refractivity contribution in [3.63, 3.8) is 0 Å². The van der Waals surface area contributed by atoms with Crippen molar-refractivity contribution in [2.75, 3.05) is 6.54 Å². The van der Waals surface area contributed by atoms with E-state index in [0.717, 1.165) is 30.8 Å². The van der Waals surface area contributed by atoms with E-state index in [0.29, 0.717) is 23.0 Å². The minimum absolute atomic E-state index is 0.129. The molecule has 0 bridgehead atoms. The molecule has 0 unspecified atom stereocenters. The van der Waals surface area contributed by atoms with E-state index in [1.807, 2.05) is 0 Å². The predicted octanol–water partition coefficient (Wildman–Crippen LogP) is -0.00490. The number of nitrogens with zero attached hydrogens (tertiary/aromatic N) is 5. The Labute approximate surface area is 136 Å². The molecule has 2 heterocycles. The Kier molecular flexibility index (Phi) is 4.60. The summed E-state index contributed by atoms with van der Waals surface area (Å²) < 4.78 is 5.12. The normalized spacial score (nSPS) is 20.4. The van der Waals surface area contributed by atoms with Crippen molar-refractivity contribution in [2.24, 2.45) is 13.0 Å². The highest BCUT2D eigenvalue weighted by Crippen LogP contribution is 2.25. The van der Waals surface area contributed by atoms with Gasteiger partial charge in [-0.1, -0.05) is 9.70 Å². The maximum atomic E-state index is 12.0. The molecule has 1 aliphatic rings. The third-order valence-electron chi connectivity index (χ3n) is 3.96. The summed E-state index contributed by atoms with van der Waals surface area (Å²) in [4.78, 5) is 24.5. The van der Waals surface area contributed by atoms with Crippen LogP contribution in [0, 0.1) is 5.92 Å². The lowest BCUT2D eigenvalue weighted by Crippen LogP contribution is -2.34. The van der Waals surface area contributed by atoms with E-state index in [1.54, 1.807) is 7.05 Å². The summed E-state index contributed by atoms with van der Waals surface area (Å²) in [6, 6.07) is 0.130. The Morgan fingerprint density at radius 2 is 2.17 bits per heavy atom. The lowest BCUT2D eigenvalue weighted by Gasteiger charge is -2.13. The van der Waals surface area contributed by atoms with Crippen LogP contribution in [-0.4, -0.2) is 49.0 Å². The van der Waals surface area contributed by atoms with E-state index in [9.17, 15) is 9.59 Å². The Hall–Kier alpha value is -2.36. The summed E-state index contributed by atoms with van der Waals surface area (Å²) in [5, 5.41) is 17.0. The summed E-state index contributed by atoms with van der Waals surface area (Å²) in [6.45, 7) is 0.582. The summed E-state index contributed by atoms with van der Waals surface area (Å²) in [5.74, 6) is 0.0430. The fourth-order valence-electron chi connectivity index (χ4n) is 2.74. The van der Waals surface area contributed by atoms with Crippen molar-refractivity contribution >= 4 is 23.3 Å². The maximum Gasteiger partial charge on any atom is 0.271 e. The fraction of sp³-hybridized carbons (Fsp3) is 0.538. The molecule has 1 fully saturated rings. The lowest BCUT2D eigenvalue weighted by atomic mass is 10.1. The van der Waals surface area contributed by atoms with Crippen LogP contribution in [0.2, 0.25) is 0 Å². The SMILES string of the molecule is Cn1nncc1C(=O)NC[C@H]1CC[C@@H](NC(=O)c2cnns2)C1. The molecule has 0 radical (unpaired) electrons. The molecule has 0 aliphatic heterocycles. The number of hydrogen-bond acceptors (Lipinski definition) is 7. The molecule has 10 heteroatoms. The van der Waals surface area contributed by atoms with Crippen LogP contribution < -0.4 is 10.6 Å². The van der Waals surface area contributed by atoms with Crippen LogP contribution in [-0.2, 0) is 7.05 Å². The highest BCUT2D eigenvalue weighted by molar-refractivity contribution is 7.07. The molecule has 122 valence electrons. The number of hydrogen-bond donors (Lipinski definition) is 2. The van der Waals surface area contributed by atoms with Crippen molar-refractivity contribution in [3.05, 3.63) is 23.0 Å². The summed E-state index contributed by atoms with van der Waals surface area (Å²) in [5.41, 5.74) is 0.436. The van der Waals surface area contributed by atoms with Gasteiger partial charge in [0.25, 0.3) is 11.8 Å². The van der Waals surface area contributed by atoms with Crippen molar-refractivity contribution in [1.82, 2.24) is 35.2 Å². The third-order valence-corrected chi connectivity index (χ3v) is 4.62. The quantitative estimate of drug-likeness (QED) is 0.794. The number of rotatable bonds is 5. The van der Waals surface area contributed by atoms with Crippen LogP contribution >= 0.6 is 11.5 Å². The monoisotopic (exact) mass is 335 g/mol. The molecule has 9 nitrogen and oxygen atoms in total. The molecule has 23 heavy (non-hydrogen) atoms. The van der Waals surface area contributed by atoms with Gasteiger partial charge < -0.3 is 10.6 Å². The Morgan fingerprint density at radius 3 is 2.87 bits per heavy atom.